The molecule has 0 radical (unpaired) electrons. The maximum atomic E-state index is 13.2. The van der Waals surface area contributed by atoms with Gasteiger partial charge in [0.25, 0.3) is 5.91 Å². The summed E-state index contributed by atoms with van der Waals surface area (Å²) < 4.78 is 7.53. The van der Waals surface area contributed by atoms with Crippen LogP contribution in [0, 0.1) is 6.92 Å². The van der Waals surface area contributed by atoms with E-state index in [1.165, 1.54) is 0 Å². The van der Waals surface area contributed by atoms with Crippen molar-refractivity contribution in [2.75, 3.05) is 37.8 Å². The number of rotatable bonds is 9. The minimum absolute atomic E-state index is 0.0656. The molecule has 10 nitrogen and oxygen atoms in total. The predicted molar refractivity (Wildman–Crippen MR) is 178 cm³/mol. The van der Waals surface area contributed by atoms with Gasteiger partial charge in [0.1, 0.15) is 0 Å². The van der Waals surface area contributed by atoms with Crippen LogP contribution >= 0.6 is 0 Å². The molecule has 4 aromatic rings. The average molecular weight is 610 g/mol. The highest BCUT2D eigenvalue weighted by Gasteiger charge is 2.25. The van der Waals surface area contributed by atoms with E-state index in [4.69, 9.17) is 9.72 Å². The van der Waals surface area contributed by atoms with Gasteiger partial charge in [-0.2, -0.15) is 0 Å². The standard InChI is InChI=1S/C35H43N7O3/c1-7-24-10-9-11-25(8-2)32(24)39-35(44)45-28-21-31(41(6)22-28)30-14-17-36-34(38-30)37-29-13-12-26(20-23(29)3)33(43)42-18-15-27(16-19-42)40(4)5/h9-14,17,20-22,27H,7-8,15-16,18-19H2,1-6H3,(H,39,44)(H,36,37,38). The van der Waals surface area contributed by atoms with Gasteiger partial charge in [0.05, 0.1) is 17.1 Å². The van der Waals surface area contributed by atoms with Crippen LogP contribution in [0.5, 0.6) is 5.75 Å². The molecule has 1 aliphatic rings. The Kier molecular flexibility index (Phi) is 9.83. The lowest BCUT2D eigenvalue weighted by molar-refractivity contribution is 0.0663. The molecule has 236 valence electrons. The number of aryl methyl sites for hydroxylation is 4. The van der Waals surface area contributed by atoms with Crippen LogP contribution in [0.3, 0.4) is 0 Å². The third-order valence-corrected chi connectivity index (χ3v) is 8.54. The van der Waals surface area contributed by atoms with Gasteiger partial charge in [-0.05, 0) is 87.7 Å². The topological polar surface area (TPSA) is 105 Å². The molecule has 2 aromatic carbocycles. The van der Waals surface area contributed by atoms with Gasteiger partial charge >= 0.3 is 6.09 Å². The predicted octanol–water partition coefficient (Wildman–Crippen LogP) is 6.44. The number of hydrogen-bond acceptors (Lipinski definition) is 7. The minimum atomic E-state index is -0.539. The van der Waals surface area contributed by atoms with Crippen molar-refractivity contribution in [1.29, 1.82) is 0 Å². The number of aromatic nitrogens is 3. The number of carbonyl (C=O) groups is 2. The van der Waals surface area contributed by atoms with Crippen LogP contribution in [-0.4, -0.2) is 69.6 Å². The summed E-state index contributed by atoms with van der Waals surface area (Å²) in [6, 6.07) is 15.8. The molecule has 45 heavy (non-hydrogen) atoms. The maximum absolute atomic E-state index is 13.2. The Morgan fingerprint density at radius 2 is 1.73 bits per heavy atom. The highest BCUT2D eigenvalue weighted by atomic mass is 16.6. The number of anilines is 3. The van der Waals surface area contributed by atoms with Crippen LogP contribution in [0.4, 0.5) is 22.1 Å². The Bertz CT molecular complexity index is 1650. The second-order valence-electron chi connectivity index (χ2n) is 11.8. The fourth-order valence-electron chi connectivity index (χ4n) is 5.87. The van der Waals surface area contributed by atoms with Crippen LogP contribution in [0.1, 0.15) is 53.7 Å². The van der Waals surface area contributed by atoms with Crippen molar-refractivity contribution in [2.24, 2.45) is 7.05 Å². The van der Waals surface area contributed by atoms with Gasteiger partial charge in [-0.25, -0.2) is 14.8 Å². The average Bonchev–Trinajstić information content (AvgIpc) is 3.41. The van der Waals surface area contributed by atoms with Gasteiger partial charge in [0.15, 0.2) is 5.75 Å². The van der Waals surface area contributed by atoms with E-state index in [-0.39, 0.29) is 5.91 Å². The van der Waals surface area contributed by atoms with E-state index in [1.807, 2.05) is 65.9 Å². The molecule has 3 heterocycles. The summed E-state index contributed by atoms with van der Waals surface area (Å²) in [5, 5.41) is 6.24. The molecule has 0 saturated carbocycles. The Morgan fingerprint density at radius 3 is 2.38 bits per heavy atom. The molecule has 2 amide bonds. The fraction of sp³-hybridized carbons (Fsp3) is 0.371. The SMILES string of the molecule is CCc1cccc(CC)c1NC(=O)Oc1cc(-c2ccnc(Nc3ccc(C(=O)N4CCC(N(C)C)CC4)cc3C)n2)n(C)c1. The Balaban J connectivity index is 1.25. The van der Waals surface area contributed by atoms with E-state index in [9.17, 15) is 9.59 Å². The molecule has 0 aliphatic carbocycles. The van der Waals surface area contributed by atoms with Gasteiger partial charge < -0.3 is 24.4 Å². The molecule has 1 saturated heterocycles. The zero-order valence-corrected chi connectivity index (χ0v) is 27.1. The van der Waals surface area contributed by atoms with Gasteiger partial charge in [-0.3, -0.25) is 10.1 Å². The summed E-state index contributed by atoms with van der Waals surface area (Å²) in [7, 11) is 6.07. The van der Waals surface area contributed by atoms with Crippen LogP contribution in [0.2, 0.25) is 0 Å². The lowest BCUT2D eigenvalue weighted by Gasteiger charge is -2.35. The molecule has 0 spiro atoms. The fourth-order valence-corrected chi connectivity index (χ4v) is 5.87. The molecule has 1 aliphatic heterocycles. The lowest BCUT2D eigenvalue weighted by Crippen LogP contribution is -2.44. The Hall–Kier alpha value is -4.70. The number of nitrogens with one attached hydrogen (secondary N) is 2. The van der Waals surface area contributed by atoms with Gasteiger partial charge in [-0.1, -0.05) is 32.0 Å². The van der Waals surface area contributed by atoms with Crippen LogP contribution in [0.15, 0.2) is 60.9 Å². The van der Waals surface area contributed by atoms with Gasteiger partial charge in [0.2, 0.25) is 5.95 Å². The number of likely N-dealkylation sites (tertiary alicyclic amines) is 1. The number of nitrogens with zero attached hydrogens (tertiary/aromatic N) is 5. The summed E-state index contributed by atoms with van der Waals surface area (Å²) >= 11 is 0. The molecule has 5 rings (SSSR count). The number of para-hydroxylation sites is 1. The van der Waals surface area contributed by atoms with E-state index in [0.717, 1.165) is 72.5 Å². The molecule has 1 fully saturated rings. The molecule has 2 N–H and O–H groups in total. The van der Waals surface area contributed by atoms with E-state index in [0.29, 0.717) is 29.0 Å². The zero-order valence-electron chi connectivity index (χ0n) is 27.1. The quantitative estimate of drug-likeness (QED) is 0.225. The number of carbonyl (C=O) groups excluding carboxylic acids is 2. The maximum Gasteiger partial charge on any atom is 0.417 e. The number of piperidine rings is 1. The van der Waals surface area contributed by atoms with Crippen molar-refractivity contribution in [3.63, 3.8) is 0 Å². The highest BCUT2D eigenvalue weighted by molar-refractivity contribution is 5.95. The number of hydrogen-bond donors (Lipinski definition) is 2. The second-order valence-corrected chi connectivity index (χ2v) is 11.8. The second kappa shape index (κ2) is 13.9. The molecule has 2 aromatic heterocycles. The zero-order chi connectivity index (χ0) is 32.1. The van der Waals surface area contributed by atoms with Crippen LogP contribution in [0.25, 0.3) is 11.4 Å². The van der Waals surface area contributed by atoms with E-state index in [1.54, 1.807) is 18.5 Å². The molecule has 10 heteroatoms. The molecular formula is C35H43N7O3. The first-order chi connectivity index (χ1) is 21.7. The Labute approximate surface area is 265 Å². The highest BCUT2D eigenvalue weighted by Crippen LogP contribution is 2.28. The Morgan fingerprint density at radius 1 is 1.02 bits per heavy atom. The number of ether oxygens (including phenoxy) is 1. The molecule has 0 atom stereocenters. The molecular weight excluding hydrogens is 566 g/mol. The largest absolute Gasteiger partial charge is 0.417 e. The van der Waals surface area contributed by atoms with Crippen LogP contribution < -0.4 is 15.4 Å². The van der Waals surface area contributed by atoms with Crippen molar-refractivity contribution in [1.82, 2.24) is 24.3 Å². The molecule has 0 unspecified atom stereocenters. The number of benzene rings is 2. The van der Waals surface area contributed by atoms with Crippen LogP contribution in [-0.2, 0) is 19.9 Å². The summed E-state index contributed by atoms with van der Waals surface area (Å²) in [5.41, 5.74) is 6.81. The first-order valence-electron chi connectivity index (χ1n) is 15.6. The molecule has 0 bridgehead atoms. The van der Waals surface area contributed by atoms with Gasteiger partial charge in [-0.15, -0.1) is 0 Å². The van der Waals surface area contributed by atoms with Gasteiger partial charge in [0, 0.05) is 55.9 Å². The summed E-state index contributed by atoms with van der Waals surface area (Å²) in [6.45, 7) is 7.63. The van der Waals surface area contributed by atoms with Crippen molar-refractivity contribution in [2.45, 2.75) is 52.5 Å². The smallest absolute Gasteiger partial charge is 0.408 e. The minimum Gasteiger partial charge on any atom is -0.408 e. The van der Waals surface area contributed by atoms with E-state index >= 15 is 0 Å². The summed E-state index contributed by atoms with van der Waals surface area (Å²) in [5.74, 6) is 0.896. The van der Waals surface area contributed by atoms with E-state index in [2.05, 4.69) is 48.5 Å². The first kappa shape index (κ1) is 31.7. The van der Waals surface area contributed by atoms with Crippen molar-refractivity contribution in [3.05, 3.63) is 83.2 Å². The third kappa shape index (κ3) is 7.34. The van der Waals surface area contributed by atoms with Crippen molar-refractivity contribution in [3.8, 4) is 17.1 Å². The lowest BCUT2D eigenvalue weighted by atomic mass is 10.0. The van der Waals surface area contributed by atoms with Crippen molar-refractivity contribution >= 4 is 29.3 Å². The summed E-state index contributed by atoms with van der Waals surface area (Å²) in [4.78, 5) is 39.4. The van der Waals surface area contributed by atoms with E-state index < -0.39 is 6.09 Å². The first-order valence-corrected chi connectivity index (χ1v) is 15.6. The van der Waals surface area contributed by atoms with Crippen molar-refractivity contribution < 1.29 is 14.3 Å². The number of amides is 2. The third-order valence-electron chi connectivity index (χ3n) is 8.54. The monoisotopic (exact) mass is 609 g/mol. The summed E-state index contributed by atoms with van der Waals surface area (Å²) in [6.07, 6.45) is 6.48. The normalized spacial score (nSPS) is 13.6.